The molecule has 9 heteroatoms. The Labute approximate surface area is 310 Å². The van der Waals surface area contributed by atoms with Crippen LogP contribution in [0.3, 0.4) is 0 Å². The standard InChI is InChI=1S/C41H84NO7P/c1-3-5-7-9-11-13-14-15-16-17-18-19-20-21-22-23-24-25-27-29-31-33-36-46-38-40(39-48-50(44,45)47-37-35-42)49-41(43)34-32-30-28-26-12-10-8-6-4-2/h40H,3-39,42H2,1-2H3,(H,44,45). The van der Waals surface area contributed by atoms with Crippen molar-refractivity contribution < 1.29 is 32.8 Å². The van der Waals surface area contributed by atoms with E-state index in [4.69, 9.17) is 24.3 Å². The summed E-state index contributed by atoms with van der Waals surface area (Å²) in [6, 6.07) is 0. The summed E-state index contributed by atoms with van der Waals surface area (Å²) in [5.41, 5.74) is 5.36. The van der Waals surface area contributed by atoms with E-state index in [0.717, 1.165) is 32.1 Å². The lowest BCUT2D eigenvalue weighted by Gasteiger charge is -2.20. The van der Waals surface area contributed by atoms with E-state index in [1.807, 2.05) is 0 Å². The molecule has 0 saturated carbocycles. The summed E-state index contributed by atoms with van der Waals surface area (Å²) < 4.78 is 33.3. The Morgan fingerprint density at radius 3 is 1.26 bits per heavy atom. The van der Waals surface area contributed by atoms with E-state index < -0.39 is 13.9 Å². The number of phosphoric ester groups is 1. The highest BCUT2D eigenvalue weighted by Crippen LogP contribution is 2.43. The number of carbonyl (C=O) groups excluding carboxylic acids is 1. The largest absolute Gasteiger partial charge is 0.472 e. The SMILES string of the molecule is CCCCCCCCCCCCCCCCCCCCCCCCOCC(COP(=O)(O)OCCN)OC(=O)CCCCCCCCCCC. The second kappa shape index (κ2) is 39.7. The Balaban J connectivity index is 3.84. The zero-order valence-electron chi connectivity index (χ0n) is 33.2. The first-order valence-corrected chi connectivity index (χ1v) is 23.0. The fourth-order valence-corrected chi connectivity index (χ4v) is 7.12. The summed E-state index contributed by atoms with van der Waals surface area (Å²) in [6.45, 7) is 4.95. The van der Waals surface area contributed by atoms with Gasteiger partial charge in [0.25, 0.3) is 0 Å². The van der Waals surface area contributed by atoms with E-state index in [0.29, 0.717) is 13.0 Å². The molecular formula is C41H84NO7P. The van der Waals surface area contributed by atoms with Crippen molar-refractivity contribution in [2.24, 2.45) is 5.73 Å². The molecule has 0 aromatic carbocycles. The predicted octanol–water partition coefficient (Wildman–Crippen LogP) is 12.5. The van der Waals surface area contributed by atoms with Gasteiger partial charge in [-0.1, -0.05) is 200 Å². The second-order valence-corrected chi connectivity index (χ2v) is 16.0. The second-order valence-electron chi connectivity index (χ2n) is 14.6. The first kappa shape index (κ1) is 49.5. The zero-order valence-corrected chi connectivity index (χ0v) is 34.1. The van der Waals surface area contributed by atoms with Crippen molar-refractivity contribution in [3.8, 4) is 0 Å². The lowest BCUT2D eigenvalue weighted by atomic mass is 10.0. The molecule has 0 radical (unpaired) electrons. The minimum atomic E-state index is -4.26. The lowest BCUT2D eigenvalue weighted by molar-refractivity contribution is -0.154. The number of ether oxygens (including phenoxy) is 2. The summed E-state index contributed by atoms with van der Waals surface area (Å²) in [4.78, 5) is 22.3. The predicted molar refractivity (Wildman–Crippen MR) is 211 cm³/mol. The van der Waals surface area contributed by atoms with Crippen LogP contribution in [0.2, 0.25) is 0 Å². The molecule has 0 bridgehead atoms. The van der Waals surface area contributed by atoms with Crippen molar-refractivity contribution in [2.45, 2.75) is 225 Å². The molecule has 0 spiro atoms. The molecule has 8 nitrogen and oxygen atoms in total. The van der Waals surface area contributed by atoms with Gasteiger partial charge in [-0.05, 0) is 12.8 Å². The maximum Gasteiger partial charge on any atom is 0.472 e. The highest BCUT2D eigenvalue weighted by molar-refractivity contribution is 7.47. The Morgan fingerprint density at radius 1 is 0.520 bits per heavy atom. The molecule has 0 aliphatic carbocycles. The van der Waals surface area contributed by atoms with E-state index in [2.05, 4.69) is 13.8 Å². The van der Waals surface area contributed by atoms with E-state index >= 15 is 0 Å². The number of esters is 1. The summed E-state index contributed by atoms with van der Waals surface area (Å²) in [6.07, 6.45) is 39.9. The van der Waals surface area contributed by atoms with Crippen LogP contribution in [-0.4, -0.2) is 49.9 Å². The van der Waals surface area contributed by atoms with Crippen molar-refractivity contribution in [1.29, 1.82) is 0 Å². The Bertz CT molecular complexity index is 742. The Morgan fingerprint density at radius 2 is 0.880 bits per heavy atom. The highest BCUT2D eigenvalue weighted by Gasteiger charge is 2.25. The van der Waals surface area contributed by atoms with Crippen LogP contribution in [0.25, 0.3) is 0 Å². The van der Waals surface area contributed by atoms with Gasteiger partial charge in [0, 0.05) is 19.6 Å². The maximum atomic E-state index is 12.5. The number of unbranched alkanes of at least 4 members (excludes halogenated alkanes) is 29. The van der Waals surface area contributed by atoms with Gasteiger partial charge < -0.3 is 20.1 Å². The molecule has 0 heterocycles. The lowest BCUT2D eigenvalue weighted by Crippen LogP contribution is -2.28. The maximum absolute atomic E-state index is 12.5. The van der Waals surface area contributed by atoms with Crippen LogP contribution in [0.15, 0.2) is 0 Å². The van der Waals surface area contributed by atoms with Gasteiger partial charge in [0.05, 0.1) is 19.8 Å². The third kappa shape index (κ3) is 38.7. The summed E-state index contributed by atoms with van der Waals surface area (Å²) in [5.74, 6) is -0.329. The van der Waals surface area contributed by atoms with Crippen LogP contribution in [0, 0.1) is 0 Å². The van der Waals surface area contributed by atoms with Gasteiger partial charge >= 0.3 is 13.8 Å². The van der Waals surface area contributed by atoms with Gasteiger partial charge in [-0.25, -0.2) is 4.57 Å². The molecule has 0 aliphatic heterocycles. The highest BCUT2D eigenvalue weighted by atomic mass is 31.2. The van der Waals surface area contributed by atoms with E-state index in [1.165, 1.54) is 167 Å². The molecule has 0 aliphatic rings. The Hall–Kier alpha value is -0.500. The normalized spacial score (nSPS) is 13.4. The fourth-order valence-electron chi connectivity index (χ4n) is 6.35. The zero-order chi connectivity index (χ0) is 36.6. The van der Waals surface area contributed by atoms with E-state index in [1.54, 1.807) is 0 Å². The average molecular weight is 734 g/mol. The third-order valence-electron chi connectivity index (χ3n) is 9.52. The summed E-state index contributed by atoms with van der Waals surface area (Å²) in [5, 5.41) is 0. The third-order valence-corrected chi connectivity index (χ3v) is 10.5. The van der Waals surface area contributed by atoms with Crippen LogP contribution in [0.4, 0.5) is 0 Å². The fraction of sp³-hybridized carbons (Fsp3) is 0.976. The number of hydrogen-bond acceptors (Lipinski definition) is 7. The van der Waals surface area contributed by atoms with E-state index in [9.17, 15) is 14.3 Å². The smallest absolute Gasteiger partial charge is 0.457 e. The van der Waals surface area contributed by atoms with Crippen LogP contribution in [0.5, 0.6) is 0 Å². The van der Waals surface area contributed by atoms with Crippen molar-refractivity contribution in [2.75, 3.05) is 33.0 Å². The van der Waals surface area contributed by atoms with Crippen molar-refractivity contribution in [3.63, 3.8) is 0 Å². The van der Waals surface area contributed by atoms with Gasteiger partial charge in [0.1, 0.15) is 6.10 Å². The Kier molecular flexibility index (Phi) is 39.3. The minimum Gasteiger partial charge on any atom is -0.457 e. The summed E-state index contributed by atoms with van der Waals surface area (Å²) in [7, 11) is -4.26. The van der Waals surface area contributed by atoms with Gasteiger partial charge in [0.15, 0.2) is 0 Å². The molecule has 0 rings (SSSR count). The number of rotatable bonds is 42. The minimum absolute atomic E-state index is 0.0904. The molecule has 0 fully saturated rings. The molecule has 0 saturated heterocycles. The van der Waals surface area contributed by atoms with Gasteiger partial charge in [-0.2, -0.15) is 0 Å². The number of phosphoric acid groups is 1. The topological polar surface area (TPSA) is 117 Å². The van der Waals surface area contributed by atoms with Crippen molar-refractivity contribution in [3.05, 3.63) is 0 Å². The number of nitrogens with two attached hydrogens (primary N) is 1. The molecule has 2 atom stereocenters. The molecule has 0 aromatic rings. The van der Waals surface area contributed by atoms with Gasteiger partial charge in [-0.15, -0.1) is 0 Å². The van der Waals surface area contributed by atoms with Gasteiger partial charge in [-0.3, -0.25) is 13.8 Å². The van der Waals surface area contributed by atoms with Crippen molar-refractivity contribution >= 4 is 13.8 Å². The van der Waals surface area contributed by atoms with Gasteiger partial charge in [0.2, 0.25) is 0 Å². The van der Waals surface area contributed by atoms with Crippen molar-refractivity contribution in [1.82, 2.24) is 0 Å². The molecule has 0 amide bonds. The van der Waals surface area contributed by atoms with E-state index in [-0.39, 0.29) is 32.3 Å². The first-order valence-electron chi connectivity index (χ1n) is 21.5. The molecule has 0 aromatic heterocycles. The first-order chi connectivity index (χ1) is 24.4. The molecule has 50 heavy (non-hydrogen) atoms. The quantitative estimate of drug-likeness (QED) is 0.0362. The van der Waals surface area contributed by atoms with Crippen LogP contribution >= 0.6 is 7.82 Å². The van der Waals surface area contributed by atoms with Crippen LogP contribution in [0.1, 0.15) is 219 Å². The molecule has 3 N–H and O–H groups in total. The number of hydrogen-bond donors (Lipinski definition) is 2. The summed E-state index contributed by atoms with van der Waals surface area (Å²) >= 11 is 0. The monoisotopic (exact) mass is 734 g/mol. The van der Waals surface area contributed by atoms with Crippen LogP contribution < -0.4 is 5.73 Å². The molecular weight excluding hydrogens is 649 g/mol. The molecule has 2 unspecified atom stereocenters. The molecule has 300 valence electrons. The average Bonchev–Trinajstić information content (AvgIpc) is 3.10. The van der Waals surface area contributed by atoms with Crippen LogP contribution in [-0.2, 0) is 27.9 Å². The number of carbonyl (C=O) groups is 1.